The van der Waals surface area contributed by atoms with Crippen molar-refractivity contribution < 1.29 is 0 Å². The van der Waals surface area contributed by atoms with Gasteiger partial charge in [0.2, 0.25) is 0 Å². The van der Waals surface area contributed by atoms with Crippen molar-refractivity contribution in [1.29, 1.82) is 0 Å². The first-order valence-corrected chi connectivity index (χ1v) is 15.3. The van der Waals surface area contributed by atoms with Crippen LogP contribution in [0.1, 0.15) is 0 Å². The van der Waals surface area contributed by atoms with Crippen LogP contribution in [0.3, 0.4) is 0 Å². The van der Waals surface area contributed by atoms with E-state index in [4.69, 9.17) is 0 Å². The van der Waals surface area contributed by atoms with Crippen molar-refractivity contribution in [2.24, 2.45) is 0 Å². The van der Waals surface area contributed by atoms with Gasteiger partial charge in [-0.3, -0.25) is 0 Å². The van der Waals surface area contributed by atoms with Crippen LogP contribution in [0.15, 0.2) is 158 Å². The monoisotopic (exact) mass is 554 g/mol. The van der Waals surface area contributed by atoms with Crippen LogP contribution >= 0.6 is 0 Å². The van der Waals surface area contributed by atoms with Gasteiger partial charge in [0, 0.05) is 0 Å². The standard InChI is InChI=1S/C44H26/c1-2-7-27(8-3-1)34-23-35(37-21-19-32-18-16-28-9-4-10-30-20-22-39(37)44(32)41(28)30)25-36(24-34)40-26-33-13-5-11-29-15-17-31-12-6-14-38(40)43(31)42(29)33/h1-26H. The fourth-order valence-corrected chi connectivity index (χ4v) is 7.72. The van der Waals surface area contributed by atoms with Crippen molar-refractivity contribution in [2.45, 2.75) is 0 Å². The summed E-state index contributed by atoms with van der Waals surface area (Å²) in [6.07, 6.45) is 0. The van der Waals surface area contributed by atoms with Gasteiger partial charge in [-0.2, -0.15) is 0 Å². The minimum atomic E-state index is 1.23. The normalized spacial score (nSPS) is 12.1. The first kappa shape index (κ1) is 23.8. The maximum absolute atomic E-state index is 2.41. The molecule has 0 radical (unpaired) electrons. The smallest absolute Gasteiger partial charge is 0.00206 e. The Hall–Kier alpha value is -5.72. The molecule has 0 atom stereocenters. The quantitative estimate of drug-likeness (QED) is 0.191. The summed E-state index contributed by atoms with van der Waals surface area (Å²) in [6, 6.07) is 58.7. The molecule has 0 aliphatic heterocycles. The van der Waals surface area contributed by atoms with Crippen LogP contribution in [0.4, 0.5) is 0 Å². The van der Waals surface area contributed by atoms with Crippen molar-refractivity contribution in [3.05, 3.63) is 158 Å². The Bertz CT molecular complexity index is 2680. The fourth-order valence-electron chi connectivity index (χ4n) is 7.72. The molecule has 202 valence electrons. The van der Waals surface area contributed by atoms with E-state index in [1.54, 1.807) is 0 Å². The Kier molecular flexibility index (Phi) is 4.81. The maximum Gasteiger partial charge on any atom is -0.00206 e. The lowest BCUT2D eigenvalue weighted by atomic mass is 9.85. The molecule has 0 aliphatic rings. The van der Waals surface area contributed by atoms with E-state index in [9.17, 15) is 0 Å². The van der Waals surface area contributed by atoms with Crippen molar-refractivity contribution >= 4 is 64.6 Å². The molecule has 0 aromatic heterocycles. The molecule has 44 heavy (non-hydrogen) atoms. The molecule has 0 saturated carbocycles. The zero-order valence-corrected chi connectivity index (χ0v) is 24.0. The number of hydrogen-bond acceptors (Lipinski definition) is 0. The van der Waals surface area contributed by atoms with Gasteiger partial charge in [-0.25, -0.2) is 0 Å². The Morgan fingerprint density at radius 2 is 0.705 bits per heavy atom. The average Bonchev–Trinajstić information content (AvgIpc) is 3.09. The molecule has 0 heterocycles. The Balaban J connectivity index is 1.31. The zero-order valence-electron chi connectivity index (χ0n) is 24.0. The summed E-state index contributed by atoms with van der Waals surface area (Å²) in [5.41, 5.74) is 7.49. The van der Waals surface area contributed by atoms with Gasteiger partial charge < -0.3 is 0 Å². The summed E-state index contributed by atoms with van der Waals surface area (Å²) in [5, 5.41) is 15.8. The van der Waals surface area contributed by atoms with Crippen molar-refractivity contribution in [3.63, 3.8) is 0 Å². The van der Waals surface area contributed by atoms with Crippen molar-refractivity contribution in [1.82, 2.24) is 0 Å². The molecule has 0 nitrogen and oxygen atoms in total. The van der Waals surface area contributed by atoms with Crippen LogP contribution in [0, 0.1) is 0 Å². The maximum atomic E-state index is 2.41. The predicted molar refractivity (Wildman–Crippen MR) is 190 cm³/mol. The van der Waals surface area contributed by atoms with Gasteiger partial charge in [0.05, 0.1) is 0 Å². The average molecular weight is 555 g/mol. The number of rotatable bonds is 3. The summed E-state index contributed by atoms with van der Waals surface area (Å²) in [5.74, 6) is 0. The molecule has 10 rings (SSSR count). The highest BCUT2D eigenvalue weighted by atomic mass is 14.2. The second-order valence-electron chi connectivity index (χ2n) is 12.1. The van der Waals surface area contributed by atoms with Gasteiger partial charge in [-0.1, -0.05) is 133 Å². The van der Waals surface area contributed by atoms with Gasteiger partial charge in [0.25, 0.3) is 0 Å². The van der Waals surface area contributed by atoms with Crippen LogP contribution in [0.2, 0.25) is 0 Å². The molecule has 0 amide bonds. The molecular weight excluding hydrogens is 528 g/mol. The second kappa shape index (κ2) is 8.89. The number of benzene rings is 10. The van der Waals surface area contributed by atoms with E-state index in [0.29, 0.717) is 0 Å². The topological polar surface area (TPSA) is 0 Å². The van der Waals surface area contributed by atoms with E-state index < -0.39 is 0 Å². The predicted octanol–water partition coefficient (Wildman–Crippen LogP) is 12.5. The third-order valence-electron chi connectivity index (χ3n) is 9.70. The SMILES string of the molecule is c1ccc(-c2cc(-c3ccc4ccc5cccc6ccc3c4c56)cc(-c3cc4cccc5ccc6cccc3c6c54)c2)cc1. The third-order valence-corrected chi connectivity index (χ3v) is 9.70. The van der Waals surface area contributed by atoms with Crippen LogP contribution in [0.25, 0.3) is 98.0 Å². The first-order chi connectivity index (χ1) is 21.8. The Morgan fingerprint density at radius 3 is 1.41 bits per heavy atom. The van der Waals surface area contributed by atoms with Gasteiger partial charge in [-0.05, 0) is 122 Å². The molecule has 10 aromatic carbocycles. The van der Waals surface area contributed by atoms with E-state index in [1.165, 1.54) is 98.0 Å². The Labute approximate surface area is 255 Å². The molecule has 0 heteroatoms. The molecular formula is C44H26. The minimum absolute atomic E-state index is 1.23. The van der Waals surface area contributed by atoms with Gasteiger partial charge in [-0.15, -0.1) is 0 Å². The summed E-state index contributed by atoms with van der Waals surface area (Å²) in [4.78, 5) is 0. The highest BCUT2D eigenvalue weighted by Crippen LogP contribution is 2.44. The fraction of sp³-hybridized carbons (Fsp3) is 0. The van der Waals surface area contributed by atoms with Crippen molar-refractivity contribution in [2.75, 3.05) is 0 Å². The van der Waals surface area contributed by atoms with E-state index >= 15 is 0 Å². The molecule has 0 saturated heterocycles. The van der Waals surface area contributed by atoms with E-state index in [-0.39, 0.29) is 0 Å². The lowest BCUT2D eigenvalue weighted by Gasteiger charge is -2.18. The first-order valence-electron chi connectivity index (χ1n) is 15.3. The lowest BCUT2D eigenvalue weighted by molar-refractivity contribution is 1.60. The zero-order chi connectivity index (χ0) is 28.8. The van der Waals surface area contributed by atoms with Crippen LogP contribution in [-0.4, -0.2) is 0 Å². The molecule has 10 aromatic rings. The van der Waals surface area contributed by atoms with Crippen LogP contribution in [0.5, 0.6) is 0 Å². The highest BCUT2D eigenvalue weighted by Gasteiger charge is 2.17. The van der Waals surface area contributed by atoms with Crippen LogP contribution < -0.4 is 0 Å². The molecule has 0 fully saturated rings. The molecule has 0 aliphatic carbocycles. The molecule has 0 bridgehead atoms. The lowest BCUT2D eigenvalue weighted by Crippen LogP contribution is -1.91. The van der Waals surface area contributed by atoms with Gasteiger partial charge in [0.1, 0.15) is 0 Å². The van der Waals surface area contributed by atoms with Crippen molar-refractivity contribution in [3.8, 4) is 33.4 Å². The molecule has 0 spiro atoms. The third kappa shape index (κ3) is 3.34. The number of hydrogen-bond donors (Lipinski definition) is 0. The highest BCUT2D eigenvalue weighted by molar-refractivity contribution is 6.27. The van der Waals surface area contributed by atoms with E-state index in [2.05, 4.69) is 158 Å². The summed E-state index contributed by atoms with van der Waals surface area (Å²) < 4.78 is 0. The second-order valence-corrected chi connectivity index (χ2v) is 12.1. The van der Waals surface area contributed by atoms with E-state index in [1.807, 2.05) is 0 Å². The largest absolute Gasteiger partial charge is 0.0622 e. The summed E-state index contributed by atoms with van der Waals surface area (Å²) in [6.45, 7) is 0. The Morgan fingerprint density at radius 1 is 0.227 bits per heavy atom. The summed E-state index contributed by atoms with van der Waals surface area (Å²) in [7, 11) is 0. The minimum Gasteiger partial charge on any atom is -0.0622 e. The van der Waals surface area contributed by atoms with Gasteiger partial charge >= 0.3 is 0 Å². The van der Waals surface area contributed by atoms with Gasteiger partial charge in [0.15, 0.2) is 0 Å². The molecule has 0 N–H and O–H groups in total. The van der Waals surface area contributed by atoms with Crippen LogP contribution in [-0.2, 0) is 0 Å². The summed E-state index contributed by atoms with van der Waals surface area (Å²) >= 11 is 0. The molecule has 0 unspecified atom stereocenters. The van der Waals surface area contributed by atoms with E-state index in [0.717, 1.165) is 0 Å².